The fourth-order valence-corrected chi connectivity index (χ4v) is 2.63. The van der Waals surface area contributed by atoms with Crippen molar-refractivity contribution in [1.82, 2.24) is 10.3 Å². The lowest BCUT2D eigenvalue weighted by Gasteiger charge is -2.13. The van der Waals surface area contributed by atoms with E-state index in [-0.39, 0.29) is 11.9 Å². The molecule has 1 aromatic heterocycles. The predicted octanol–water partition coefficient (Wildman–Crippen LogP) is 4.65. The number of carbonyl (C=O) groups excluding carboxylic acids is 1. The van der Waals surface area contributed by atoms with Crippen LogP contribution < -0.4 is 5.32 Å². The fourth-order valence-electron chi connectivity index (χ4n) is 1.74. The second-order valence-electron chi connectivity index (χ2n) is 4.53. The molecule has 110 valence electrons. The molecule has 0 aliphatic carbocycles. The number of hydrogen-bond donors (Lipinski definition) is 1. The third-order valence-corrected chi connectivity index (χ3v) is 4.38. The Bertz CT molecular complexity index is 682. The molecule has 1 unspecified atom stereocenters. The molecule has 2 aromatic rings. The molecule has 0 aliphatic rings. The van der Waals surface area contributed by atoms with Crippen LogP contribution in [0.2, 0.25) is 10.0 Å². The molecule has 2 rings (SSSR count). The highest BCUT2D eigenvalue weighted by Crippen LogP contribution is 2.25. The zero-order valence-electron chi connectivity index (χ0n) is 11.6. The van der Waals surface area contributed by atoms with E-state index in [0.29, 0.717) is 10.0 Å². The minimum absolute atomic E-state index is 0.158. The Morgan fingerprint density at radius 2 is 2.14 bits per heavy atom. The summed E-state index contributed by atoms with van der Waals surface area (Å²) in [6, 6.07) is 5.15. The first-order valence-corrected chi connectivity index (χ1v) is 7.95. The number of benzene rings is 1. The minimum atomic E-state index is -0.181. The number of aromatic nitrogens is 1. The lowest BCUT2D eigenvalue weighted by atomic mass is 10.1. The molecule has 3 nitrogen and oxygen atoms in total. The molecule has 0 aliphatic heterocycles. The van der Waals surface area contributed by atoms with Gasteiger partial charge in [-0.25, -0.2) is 4.98 Å². The van der Waals surface area contributed by atoms with E-state index in [1.807, 2.05) is 25.3 Å². The zero-order chi connectivity index (χ0) is 15.4. The molecular formula is C15H14Cl2N2OS. The molecular weight excluding hydrogens is 327 g/mol. The highest BCUT2D eigenvalue weighted by atomic mass is 35.5. The Kier molecular flexibility index (Phi) is 5.39. The molecule has 21 heavy (non-hydrogen) atoms. The van der Waals surface area contributed by atoms with E-state index in [0.717, 1.165) is 16.3 Å². The molecule has 0 bridgehead atoms. The average Bonchev–Trinajstić information content (AvgIpc) is 2.85. The summed E-state index contributed by atoms with van der Waals surface area (Å²) in [6.07, 6.45) is 3.17. The van der Waals surface area contributed by atoms with Gasteiger partial charge in [0.1, 0.15) is 0 Å². The van der Waals surface area contributed by atoms with Crippen molar-refractivity contribution >= 4 is 46.5 Å². The van der Waals surface area contributed by atoms with Gasteiger partial charge in [-0.15, -0.1) is 11.3 Å². The average molecular weight is 341 g/mol. The van der Waals surface area contributed by atoms with E-state index in [9.17, 15) is 4.79 Å². The Balaban J connectivity index is 1.98. The molecule has 1 N–H and O–H groups in total. The largest absolute Gasteiger partial charge is 0.346 e. The normalized spacial score (nSPS) is 12.6. The first-order valence-electron chi connectivity index (χ1n) is 6.31. The molecule has 1 heterocycles. The Labute approximate surface area is 137 Å². The maximum atomic E-state index is 11.9. The van der Waals surface area contributed by atoms with Crippen LogP contribution in [0.1, 0.15) is 29.2 Å². The summed E-state index contributed by atoms with van der Waals surface area (Å²) in [4.78, 5) is 16.1. The van der Waals surface area contributed by atoms with Crippen molar-refractivity contribution in [2.75, 3.05) is 0 Å². The van der Waals surface area contributed by atoms with Crippen molar-refractivity contribution in [3.05, 3.63) is 56.0 Å². The van der Waals surface area contributed by atoms with Gasteiger partial charge in [-0.1, -0.05) is 29.3 Å². The van der Waals surface area contributed by atoms with Gasteiger partial charge in [0.25, 0.3) is 0 Å². The van der Waals surface area contributed by atoms with Gasteiger partial charge < -0.3 is 5.32 Å². The Morgan fingerprint density at radius 1 is 1.38 bits per heavy atom. The Morgan fingerprint density at radius 3 is 2.76 bits per heavy atom. The molecule has 0 radical (unpaired) electrons. The summed E-state index contributed by atoms with van der Waals surface area (Å²) < 4.78 is 0. The third kappa shape index (κ3) is 4.56. The molecule has 6 heteroatoms. The molecule has 0 fully saturated rings. The van der Waals surface area contributed by atoms with E-state index in [4.69, 9.17) is 23.2 Å². The SMILES string of the molecule is Cc1nc(/C=C/C(=O)NC(C)c2ccc(Cl)c(Cl)c2)cs1. The van der Waals surface area contributed by atoms with Gasteiger partial charge in [0.15, 0.2) is 0 Å². The molecule has 0 spiro atoms. The smallest absolute Gasteiger partial charge is 0.244 e. The number of halogens is 2. The predicted molar refractivity (Wildman–Crippen MR) is 88.9 cm³/mol. The number of rotatable bonds is 4. The number of nitrogens with one attached hydrogen (secondary N) is 1. The third-order valence-electron chi connectivity index (χ3n) is 2.84. The van der Waals surface area contributed by atoms with Gasteiger partial charge in [0, 0.05) is 11.5 Å². The summed E-state index contributed by atoms with van der Waals surface area (Å²) in [7, 11) is 0. The van der Waals surface area contributed by atoms with E-state index in [2.05, 4.69) is 10.3 Å². The minimum Gasteiger partial charge on any atom is -0.346 e. The summed E-state index contributed by atoms with van der Waals surface area (Å²) >= 11 is 13.4. The van der Waals surface area contributed by atoms with Crippen LogP contribution in [0.4, 0.5) is 0 Å². The second-order valence-corrected chi connectivity index (χ2v) is 6.41. The number of amides is 1. The molecule has 1 amide bonds. The summed E-state index contributed by atoms with van der Waals surface area (Å²) in [6.45, 7) is 3.81. The molecule has 1 atom stereocenters. The molecule has 1 aromatic carbocycles. The topological polar surface area (TPSA) is 42.0 Å². The highest BCUT2D eigenvalue weighted by molar-refractivity contribution is 7.09. The van der Waals surface area contributed by atoms with Crippen LogP contribution in [-0.2, 0) is 4.79 Å². The van der Waals surface area contributed by atoms with Crippen molar-refractivity contribution in [1.29, 1.82) is 0 Å². The monoisotopic (exact) mass is 340 g/mol. The van der Waals surface area contributed by atoms with Gasteiger partial charge in [-0.05, 0) is 37.6 Å². The standard InChI is InChI=1S/C15H14Cl2N2OS/c1-9(11-3-5-13(16)14(17)7-11)18-15(20)6-4-12-8-21-10(2)19-12/h3-9H,1-2H3,(H,18,20)/b6-4+. The van der Waals surface area contributed by atoms with Crippen molar-refractivity contribution in [2.45, 2.75) is 19.9 Å². The number of thiazole rings is 1. The van der Waals surface area contributed by atoms with Crippen molar-refractivity contribution in [3.8, 4) is 0 Å². The number of nitrogens with zero attached hydrogens (tertiary/aromatic N) is 1. The van der Waals surface area contributed by atoms with Crippen molar-refractivity contribution in [3.63, 3.8) is 0 Å². The lowest BCUT2D eigenvalue weighted by molar-refractivity contribution is -0.117. The van der Waals surface area contributed by atoms with Crippen LogP contribution >= 0.6 is 34.5 Å². The van der Waals surface area contributed by atoms with E-state index in [1.54, 1.807) is 29.5 Å². The lowest BCUT2D eigenvalue weighted by Crippen LogP contribution is -2.24. The first-order chi connectivity index (χ1) is 9.95. The number of carbonyl (C=O) groups is 1. The zero-order valence-corrected chi connectivity index (χ0v) is 13.9. The summed E-state index contributed by atoms with van der Waals surface area (Å²) in [5, 5.41) is 6.72. The number of hydrogen-bond acceptors (Lipinski definition) is 3. The van der Waals surface area contributed by atoms with E-state index in [1.165, 1.54) is 6.08 Å². The van der Waals surface area contributed by atoms with Gasteiger partial charge >= 0.3 is 0 Å². The van der Waals surface area contributed by atoms with Crippen LogP contribution in [0.25, 0.3) is 6.08 Å². The molecule has 0 saturated heterocycles. The van der Waals surface area contributed by atoms with Crippen LogP contribution in [0.3, 0.4) is 0 Å². The van der Waals surface area contributed by atoms with Gasteiger partial charge in [-0.2, -0.15) is 0 Å². The second kappa shape index (κ2) is 7.07. The van der Waals surface area contributed by atoms with Gasteiger partial charge in [0.05, 0.1) is 26.8 Å². The first kappa shape index (κ1) is 16.0. The van der Waals surface area contributed by atoms with Gasteiger partial charge in [0.2, 0.25) is 5.91 Å². The number of aryl methyl sites for hydroxylation is 1. The van der Waals surface area contributed by atoms with Gasteiger partial charge in [-0.3, -0.25) is 4.79 Å². The van der Waals surface area contributed by atoms with E-state index >= 15 is 0 Å². The highest BCUT2D eigenvalue weighted by Gasteiger charge is 2.09. The van der Waals surface area contributed by atoms with Crippen LogP contribution in [0.5, 0.6) is 0 Å². The maximum Gasteiger partial charge on any atom is 0.244 e. The summed E-state index contributed by atoms with van der Waals surface area (Å²) in [5.41, 5.74) is 1.69. The van der Waals surface area contributed by atoms with Crippen LogP contribution in [0.15, 0.2) is 29.7 Å². The maximum absolute atomic E-state index is 11.9. The Hall–Kier alpha value is -1.36. The quantitative estimate of drug-likeness (QED) is 0.823. The van der Waals surface area contributed by atoms with Crippen LogP contribution in [0, 0.1) is 6.92 Å². The van der Waals surface area contributed by atoms with E-state index < -0.39 is 0 Å². The van der Waals surface area contributed by atoms with Crippen LogP contribution in [-0.4, -0.2) is 10.9 Å². The summed E-state index contributed by atoms with van der Waals surface area (Å²) in [5.74, 6) is -0.181. The van der Waals surface area contributed by atoms with Crippen molar-refractivity contribution in [2.24, 2.45) is 0 Å². The van der Waals surface area contributed by atoms with Crippen molar-refractivity contribution < 1.29 is 4.79 Å². The fraction of sp³-hybridized carbons (Fsp3) is 0.200. The molecule has 0 saturated carbocycles.